The van der Waals surface area contributed by atoms with Crippen LogP contribution in [0.4, 0.5) is 0 Å². The summed E-state index contributed by atoms with van der Waals surface area (Å²) in [6.45, 7) is 2.73. The summed E-state index contributed by atoms with van der Waals surface area (Å²) < 4.78 is 11.0. The number of aliphatic hydroxyl groups excluding tert-OH is 3. The van der Waals surface area contributed by atoms with Crippen LogP contribution in [-0.4, -0.2) is 59.6 Å². The van der Waals surface area contributed by atoms with Crippen LogP contribution >= 0.6 is 0 Å². The van der Waals surface area contributed by atoms with Crippen LogP contribution in [0.5, 0.6) is 0 Å². The third-order valence-corrected chi connectivity index (χ3v) is 6.22. The van der Waals surface area contributed by atoms with Gasteiger partial charge in [-0.25, -0.2) is 0 Å². The molecule has 1 rings (SSSR count). The van der Waals surface area contributed by atoms with Gasteiger partial charge in [-0.15, -0.1) is 0 Å². The summed E-state index contributed by atoms with van der Waals surface area (Å²) in [5.41, 5.74) is 0. The Kier molecular flexibility index (Phi) is 18.6. The molecule has 31 heavy (non-hydrogen) atoms. The smallest absolute Gasteiger partial charge is 0.114 e. The number of hydrogen-bond acceptors (Lipinski definition) is 5. The lowest BCUT2D eigenvalue weighted by molar-refractivity contribution is -0.0730. The molecule has 1 fully saturated rings. The zero-order valence-electron chi connectivity index (χ0n) is 20.1. The quantitative estimate of drug-likeness (QED) is 0.166. The van der Waals surface area contributed by atoms with Gasteiger partial charge in [0.1, 0.15) is 24.4 Å². The molecule has 0 saturated carbocycles. The van der Waals surface area contributed by atoms with E-state index < -0.39 is 31.0 Å². The molecule has 1 aliphatic rings. The van der Waals surface area contributed by atoms with Crippen LogP contribution in [0.3, 0.4) is 0 Å². The van der Waals surface area contributed by atoms with E-state index in [1.165, 1.54) is 89.9 Å². The third kappa shape index (κ3) is 14.3. The van der Waals surface area contributed by atoms with Gasteiger partial charge in [0.15, 0.2) is 0 Å². The predicted molar refractivity (Wildman–Crippen MR) is 127 cm³/mol. The fourth-order valence-electron chi connectivity index (χ4n) is 4.14. The summed E-state index contributed by atoms with van der Waals surface area (Å²) in [7, 11) is 0. The SMILES string of the molecule is CCCCCCCCCCC/C=C/CCCCCCCO[C@@H]1CO[C@H]([C@@H](O)CO)[C@@H]1O. The van der Waals surface area contributed by atoms with Crippen molar-refractivity contribution in [2.45, 2.75) is 134 Å². The van der Waals surface area contributed by atoms with Crippen LogP contribution in [0.2, 0.25) is 0 Å². The number of hydrogen-bond donors (Lipinski definition) is 3. The third-order valence-electron chi connectivity index (χ3n) is 6.22. The first-order valence-corrected chi connectivity index (χ1v) is 13.1. The molecule has 5 heteroatoms. The Morgan fingerprint density at radius 1 is 0.839 bits per heavy atom. The van der Waals surface area contributed by atoms with Crippen LogP contribution < -0.4 is 0 Å². The Labute approximate surface area is 191 Å². The van der Waals surface area contributed by atoms with Crippen molar-refractivity contribution < 1.29 is 24.8 Å². The highest BCUT2D eigenvalue weighted by Gasteiger charge is 2.40. The van der Waals surface area contributed by atoms with E-state index in [1.54, 1.807) is 0 Å². The molecule has 0 bridgehead atoms. The second-order valence-electron chi connectivity index (χ2n) is 9.09. The number of ether oxygens (including phenoxy) is 2. The molecule has 0 amide bonds. The van der Waals surface area contributed by atoms with E-state index in [2.05, 4.69) is 19.1 Å². The number of rotatable bonds is 21. The molecule has 3 N–H and O–H groups in total. The summed E-state index contributed by atoms with van der Waals surface area (Å²) >= 11 is 0. The summed E-state index contributed by atoms with van der Waals surface area (Å²) in [5.74, 6) is 0. The average Bonchev–Trinajstić information content (AvgIpc) is 3.15. The van der Waals surface area contributed by atoms with Crippen molar-refractivity contribution in [3.05, 3.63) is 12.2 Å². The molecule has 0 aliphatic carbocycles. The van der Waals surface area contributed by atoms with E-state index in [0.717, 1.165) is 12.8 Å². The number of allylic oxidation sites excluding steroid dienone is 2. The largest absolute Gasteiger partial charge is 0.394 e. The van der Waals surface area contributed by atoms with Gasteiger partial charge < -0.3 is 24.8 Å². The van der Waals surface area contributed by atoms with Crippen molar-refractivity contribution in [2.24, 2.45) is 0 Å². The molecule has 4 atom stereocenters. The van der Waals surface area contributed by atoms with Crippen molar-refractivity contribution in [2.75, 3.05) is 19.8 Å². The summed E-state index contributed by atoms with van der Waals surface area (Å²) in [6, 6.07) is 0. The maximum Gasteiger partial charge on any atom is 0.114 e. The van der Waals surface area contributed by atoms with Gasteiger partial charge in [0, 0.05) is 6.61 Å². The maximum absolute atomic E-state index is 10.1. The maximum atomic E-state index is 10.1. The van der Waals surface area contributed by atoms with E-state index in [-0.39, 0.29) is 6.61 Å². The van der Waals surface area contributed by atoms with Gasteiger partial charge >= 0.3 is 0 Å². The molecule has 0 aromatic carbocycles. The molecule has 0 aromatic rings. The lowest BCUT2D eigenvalue weighted by Crippen LogP contribution is -2.41. The zero-order chi connectivity index (χ0) is 22.6. The van der Waals surface area contributed by atoms with Gasteiger partial charge in [-0.2, -0.15) is 0 Å². The molecular formula is C26H50O5. The first-order valence-electron chi connectivity index (χ1n) is 13.1. The molecule has 1 aliphatic heterocycles. The Morgan fingerprint density at radius 3 is 1.90 bits per heavy atom. The van der Waals surface area contributed by atoms with Gasteiger partial charge in [-0.3, -0.25) is 0 Å². The topological polar surface area (TPSA) is 79.2 Å². The standard InChI is InChI=1S/C26H50O5/c1-2-3-4-5-6-7-8-9-10-11-12-13-14-15-16-17-18-19-20-30-24-22-31-26(25(24)29)23(28)21-27/h12-13,23-29H,2-11,14-22H2,1H3/b13-12+/t23-,24+,25+,26+/m0/s1. The van der Waals surface area contributed by atoms with E-state index >= 15 is 0 Å². The minimum absolute atomic E-state index is 0.272. The van der Waals surface area contributed by atoms with Crippen molar-refractivity contribution in [1.82, 2.24) is 0 Å². The van der Waals surface area contributed by atoms with E-state index in [1.807, 2.05) is 0 Å². The van der Waals surface area contributed by atoms with Crippen molar-refractivity contribution in [3.8, 4) is 0 Å². The first-order chi connectivity index (χ1) is 15.2. The van der Waals surface area contributed by atoms with Crippen LogP contribution in [0.25, 0.3) is 0 Å². The van der Waals surface area contributed by atoms with Crippen molar-refractivity contribution >= 4 is 0 Å². The molecule has 1 saturated heterocycles. The molecule has 0 spiro atoms. The molecular weight excluding hydrogens is 392 g/mol. The zero-order valence-corrected chi connectivity index (χ0v) is 20.1. The Hall–Kier alpha value is -0.460. The molecule has 0 unspecified atom stereocenters. The highest BCUT2D eigenvalue weighted by Crippen LogP contribution is 2.20. The molecule has 0 aromatic heterocycles. The second kappa shape index (κ2) is 20.2. The Bertz CT molecular complexity index is 415. The first kappa shape index (κ1) is 28.6. The second-order valence-corrected chi connectivity index (χ2v) is 9.09. The fourth-order valence-corrected chi connectivity index (χ4v) is 4.14. The van der Waals surface area contributed by atoms with Crippen LogP contribution in [0.15, 0.2) is 12.2 Å². The number of unbranched alkanes of at least 4 members (excludes halogenated alkanes) is 14. The van der Waals surface area contributed by atoms with Gasteiger partial charge in [0.25, 0.3) is 0 Å². The van der Waals surface area contributed by atoms with Gasteiger partial charge in [-0.05, 0) is 32.1 Å². The Balaban J connectivity index is 1.81. The lowest BCUT2D eigenvalue weighted by atomic mass is 10.1. The van der Waals surface area contributed by atoms with E-state index in [9.17, 15) is 10.2 Å². The van der Waals surface area contributed by atoms with E-state index in [4.69, 9.17) is 14.6 Å². The van der Waals surface area contributed by atoms with Gasteiger partial charge in [0.2, 0.25) is 0 Å². The van der Waals surface area contributed by atoms with Crippen LogP contribution in [0, 0.1) is 0 Å². The van der Waals surface area contributed by atoms with E-state index in [0.29, 0.717) is 6.61 Å². The van der Waals surface area contributed by atoms with Gasteiger partial charge in [0.05, 0.1) is 13.2 Å². The Morgan fingerprint density at radius 2 is 1.35 bits per heavy atom. The summed E-state index contributed by atoms with van der Waals surface area (Å²) in [5, 5.41) is 28.6. The number of aliphatic hydroxyl groups is 3. The highest BCUT2D eigenvalue weighted by atomic mass is 16.6. The van der Waals surface area contributed by atoms with Crippen LogP contribution in [-0.2, 0) is 9.47 Å². The predicted octanol–water partition coefficient (Wildman–Crippen LogP) is 5.30. The summed E-state index contributed by atoms with van der Waals surface area (Å²) in [6.07, 6.45) is 22.5. The lowest BCUT2D eigenvalue weighted by Gasteiger charge is -2.20. The average molecular weight is 443 g/mol. The minimum Gasteiger partial charge on any atom is -0.394 e. The normalized spacial score (nSPS) is 22.5. The van der Waals surface area contributed by atoms with Crippen molar-refractivity contribution in [3.63, 3.8) is 0 Å². The minimum atomic E-state index is -1.05. The highest BCUT2D eigenvalue weighted by molar-refractivity contribution is 4.88. The van der Waals surface area contributed by atoms with Crippen LogP contribution in [0.1, 0.15) is 110 Å². The molecule has 184 valence electrons. The molecule has 0 radical (unpaired) electrons. The molecule has 5 nitrogen and oxygen atoms in total. The monoisotopic (exact) mass is 442 g/mol. The fraction of sp³-hybridized carbons (Fsp3) is 0.923. The van der Waals surface area contributed by atoms with Crippen molar-refractivity contribution in [1.29, 1.82) is 0 Å². The molecule has 1 heterocycles. The van der Waals surface area contributed by atoms with Gasteiger partial charge in [-0.1, -0.05) is 89.7 Å². The summed E-state index contributed by atoms with van der Waals surface area (Å²) in [4.78, 5) is 0.